The van der Waals surface area contributed by atoms with E-state index in [1.165, 1.54) is 6.92 Å². The number of esters is 2. The summed E-state index contributed by atoms with van der Waals surface area (Å²) in [7, 11) is 0. The number of ether oxygens (including phenoxy) is 5. The second-order valence-electron chi connectivity index (χ2n) is 14.7. The topological polar surface area (TPSA) is 202 Å². The molecular formula is C35H46O13. The Morgan fingerprint density at radius 1 is 1.00 bits per heavy atom. The number of aliphatic hydroxyl groups excluding tert-OH is 5. The maximum atomic E-state index is 14.0. The van der Waals surface area contributed by atoms with E-state index in [0.29, 0.717) is 5.57 Å². The molecule has 1 aromatic carbocycles. The Hall–Kier alpha value is -2.72. The third-order valence-electron chi connectivity index (χ3n) is 11.9. The zero-order valence-corrected chi connectivity index (χ0v) is 27.7. The van der Waals surface area contributed by atoms with Crippen LogP contribution in [0, 0.1) is 16.7 Å². The van der Waals surface area contributed by atoms with Crippen LogP contribution in [-0.2, 0) is 28.5 Å². The third-order valence-corrected chi connectivity index (χ3v) is 11.9. The van der Waals surface area contributed by atoms with Crippen LogP contribution < -0.4 is 0 Å². The number of hydrogen-bond acceptors (Lipinski definition) is 13. The molecule has 2 saturated carbocycles. The Balaban J connectivity index is 1.59. The number of aliphatic hydroxyl groups is 6. The summed E-state index contributed by atoms with van der Waals surface area (Å²) in [6, 6.07) is 8.16. The second-order valence-corrected chi connectivity index (χ2v) is 14.7. The van der Waals surface area contributed by atoms with Crippen molar-refractivity contribution >= 4 is 11.9 Å². The summed E-state index contributed by atoms with van der Waals surface area (Å²) in [6.45, 7) is 11.8. The van der Waals surface area contributed by atoms with Gasteiger partial charge in [-0.15, -0.1) is 0 Å². The predicted octanol–water partition coefficient (Wildman–Crippen LogP) is 0.532. The quantitative estimate of drug-likeness (QED) is 0.187. The molecule has 3 aliphatic carbocycles. The van der Waals surface area contributed by atoms with E-state index in [4.69, 9.17) is 23.7 Å². The third kappa shape index (κ3) is 4.93. The second kappa shape index (κ2) is 12.0. The Morgan fingerprint density at radius 3 is 2.27 bits per heavy atom. The minimum atomic E-state index is -2.07. The van der Waals surface area contributed by atoms with Gasteiger partial charge < -0.3 is 54.3 Å². The van der Waals surface area contributed by atoms with Gasteiger partial charge in [-0.1, -0.05) is 45.5 Å². The molecule has 13 atom stereocenters. The van der Waals surface area contributed by atoms with E-state index in [9.17, 15) is 40.2 Å². The molecule has 6 N–H and O–H groups in total. The standard InChI is InChI=1S/C35H46O13/c1-16-20(37)13-35(43)29(47-30(42)19-10-8-7-9-11-19)28-33(6,17(2)25(39)24(16)32(35,4)5)22(12-23-34(28,15-45-23)48-18(3)36)46-31-27(41)26(40)21(38)14-44-31/h7-11,20-23,25-29,31,37-41,43H,2,12-15H2,1,3-6H3. The molecule has 1 aromatic rings. The van der Waals surface area contributed by atoms with Gasteiger partial charge in [0, 0.05) is 30.6 Å². The Bertz CT molecular complexity index is 1490. The Labute approximate surface area is 278 Å². The molecule has 5 aliphatic rings. The first-order valence-electron chi connectivity index (χ1n) is 16.3. The summed E-state index contributed by atoms with van der Waals surface area (Å²) in [5, 5.41) is 68.1. The van der Waals surface area contributed by atoms with Crippen LogP contribution in [0.25, 0.3) is 0 Å². The van der Waals surface area contributed by atoms with Crippen molar-refractivity contribution in [3.8, 4) is 0 Å². The molecule has 4 fully saturated rings. The van der Waals surface area contributed by atoms with Gasteiger partial charge in [-0.3, -0.25) is 4.79 Å². The average molecular weight is 675 g/mol. The average Bonchev–Trinajstić information content (AvgIpc) is 3.02. The predicted molar refractivity (Wildman–Crippen MR) is 166 cm³/mol. The largest absolute Gasteiger partial charge is 0.455 e. The zero-order chi connectivity index (χ0) is 35.1. The molecule has 0 aromatic heterocycles. The van der Waals surface area contributed by atoms with Crippen molar-refractivity contribution in [3.63, 3.8) is 0 Å². The fraction of sp³-hybridized carbons (Fsp3) is 0.657. The molecule has 264 valence electrons. The molecule has 13 nitrogen and oxygen atoms in total. The highest BCUT2D eigenvalue weighted by Gasteiger charge is 2.77. The summed E-state index contributed by atoms with van der Waals surface area (Å²) in [5.41, 5.74) is -5.43. The first-order chi connectivity index (χ1) is 22.4. The van der Waals surface area contributed by atoms with Crippen molar-refractivity contribution in [1.29, 1.82) is 0 Å². The molecule has 0 radical (unpaired) electrons. The van der Waals surface area contributed by atoms with Gasteiger partial charge in [0.05, 0.1) is 43.0 Å². The molecule has 2 heterocycles. The van der Waals surface area contributed by atoms with Crippen molar-refractivity contribution in [3.05, 3.63) is 59.2 Å². The van der Waals surface area contributed by atoms with E-state index < -0.39 is 95.0 Å². The number of rotatable bonds is 5. The molecule has 2 bridgehead atoms. The molecule has 13 heteroatoms. The Kier molecular flexibility index (Phi) is 8.75. The molecule has 2 aliphatic heterocycles. The minimum absolute atomic E-state index is 0.0130. The first kappa shape index (κ1) is 35.1. The fourth-order valence-electron chi connectivity index (χ4n) is 9.04. The lowest BCUT2D eigenvalue weighted by Gasteiger charge is -2.69. The van der Waals surface area contributed by atoms with Gasteiger partial charge in [-0.2, -0.15) is 0 Å². The van der Waals surface area contributed by atoms with Gasteiger partial charge >= 0.3 is 11.9 Å². The lowest BCUT2D eigenvalue weighted by atomic mass is 9.44. The van der Waals surface area contributed by atoms with Crippen LogP contribution in [0.5, 0.6) is 0 Å². The number of fused-ring (bicyclic) bond motifs is 5. The zero-order valence-electron chi connectivity index (χ0n) is 27.7. The summed E-state index contributed by atoms with van der Waals surface area (Å²) >= 11 is 0. The van der Waals surface area contributed by atoms with Crippen molar-refractivity contribution < 1.29 is 63.9 Å². The van der Waals surface area contributed by atoms with Crippen LogP contribution in [0.1, 0.15) is 57.8 Å². The van der Waals surface area contributed by atoms with E-state index in [1.54, 1.807) is 58.0 Å². The molecule has 6 rings (SSSR count). The molecule has 0 spiro atoms. The van der Waals surface area contributed by atoms with Crippen molar-refractivity contribution in [2.75, 3.05) is 13.2 Å². The molecular weight excluding hydrogens is 628 g/mol. The van der Waals surface area contributed by atoms with E-state index in [0.717, 1.165) is 0 Å². The van der Waals surface area contributed by atoms with Gasteiger partial charge in [-0.05, 0) is 35.8 Å². The Morgan fingerprint density at radius 2 is 1.67 bits per heavy atom. The minimum Gasteiger partial charge on any atom is -0.455 e. The van der Waals surface area contributed by atoms with Crippen molar-refractivity contribution in [1.82, 2.24) is 0 Å². The van der Waals surface area contributed by atoms with E-state index in [2.05, 4.69) is 6.58 Å². The maximum absolute atomic E-state index is 14.0. The molecule has 2 saturated heterocycles. The molecule has 13 unspecified atom stereocenters. The highest BCUT2D eigenvalue weighted by molar-refractivity contribution is 5.89. The summed E-state index contributed by atoms with van der Waals surface area (Å²) in [4.78, 5) is 26.8. The summed E-state index contributed by atoms with van der Waals surface area (Å²) in [6.07, 6.45) is -12.5. The highest BCUT2D eigenvalue weighted by atomic mass is 16.7. The van der Waals surface area contributed by atoms with Gasteiger partial charge in [0.25, 0.3) is 0 Å². The lowest BCUT2D eigenvalue weighted by Crippen LogP contribution is -2.81. The van der Waals surface area contributed by atoms with Gasteiger partial charge in [0.2, 0.25) is 0 Å². The maximum Gasteiger partial charge on any atom is 0.338 e. The number of carbonyl (C=O) groups excluding carboxylic acids is 2. The molecule has 0 amide bonds. The van der Waals surface area contributed by atoms with Gasteiger partial charge in [0.1, 0.15) is 36.1 Å². The number of hydrogen-bond donors (Lipinski definition) is 6. The van der Waals surface area contributed by atoms with Crippen LogP contribution >= 0.6 is 0 Å². The van der Waals surface area contributed by atoms with Crippen LogP contribution in [0.4, 0.5) is 0 Å². The number of carbonyl (C=O) groups is 2. The van der Waals surface area contributed by atoms with Crippen LogP contribution in [0.15, 0.2) is 53.6 Å². The van der Waals surface area contributed by atoms with Crippen molar-refractivity contribution in [2.45, 2.75) is 114 Å². The van der Waals surface area contributed by atoms with Crippen LogP contribution in [0.2, 0.25) is 0 Å². The summed E-state index contributed by atoms with van der Waals surface area (Å²) in [5.74, 6) is -2.67. The fourth-order valence-corrected chi connectivity index (χ4v) is 9.04. The summed E-state index contributed by atoms with van der Waals surface area (Å²) < 4.78 is 30.5. The smallest absolute Gasteiger partial charge is 0.338 e. The SMILES string of the molecule is C=C1C(O)C2=C(C)C(O)CC(O)(C(OC(=O)c3ccccc3)C3C4(OC(C)=O)COC4CC(OC4OCC(O)C(O)C4O)C13C)C2(C)C. The normalized spacial score (nSPS) is 45.1. The van der Waals surface area contributed by atoms with Crippen molar-refractivity contribution in [2.24, 2.45) is 16.7 Å². The van der Waals surface area contributed by atoms with E-state index in [-0.39, 0.29) is 42.8 Å². The lowest BCUT2D eigenvalue weighted by molar-refractivity contribution is -0.367. The number of benzene rings is 1. The van der Waals surface area contributed by atoms with E-state index >= 15 is 0 Å². The van der Waals surface area contributed by atoms with Crippen LogP contribution in [0.3, 0.4) is 0 Å². The van der Waals surface area contributed by atoms with Gasteiger partial charge in [-0.25, -0.2) is 4.79 Å². The molecule has 48 heavy (non-hydrogen) atoms. The first-order valence-corrected chi connectivity index (χ1v) is 16.3. The van der Waals surface area contributed by atoms with E-state index in [1.807, 2.05) is 0 Å². The van der Waals surface area contributed by atoms with Crippen LogP contribution in [-0.4, -0.2) is 122 Å². The monoisotopic (exact) mass is 674 g/mol. The highest BCUT2D eigenvalue weighted by Crippen LogP contribution is 2.66. The van der Waals surface area contributed by atoms with Gasteiger partial charge in [0.15, 0.2) is 11.9 Å².